The van der Waals surface area contributed by atoms with Crippen LogP contribution in [0.25, 0.3) is 0 Å². The van der Waals surface area contributed by atoms with Crippen molar-refractivity contribution in [3.05, 3.63) is 0 Å². The van der Waals surface area contributed by atoms with Crippen molar-refractivity contribution in [2.75, 3.05) is 26.2 Å². The minimum absolute atomic E-state index is 0.368. The van der Waals surface area contributed by atoms with Crippen LogP contribution in [0.15, 0.2) is 0 Å². The van der Waals surface area contributed by atoms with Crippen LogP contribution in [0.3, 0.4) is 0 Å². The summed E-state index contributed by atoms with van der Waals surface area (Å²) >= 11 is 0. The number of hydrogen-bond donors (Lipinski definition) is 4. The van der Waals surface area contributed by atoms with Gasteiger partial charge in [-0.25, -0.2) is 0 Å². The van der Waals surface area contributed by atoms with E-state index in [1.165, 1.54) is 0 Å². The van der Waals surface area contributed by atoms with Gasteiger partial charge in [0.2, 0.25) is 0 Å². The summed E-state index contributed by atoms with van der Waals surface area (Å²) in [7, 11) is 0. The Morgan fingerprint density at radius 3 is 1.67 bits per heavy atom. The Hall–Kier alpha value is -1.22. The molecule has 0 spiro atoms. The molecule has 0 unspecified atom stereocenters. The lowest BCUT2D eigenvalue weighted by Gasteiger charge is -2.16. The maximum absolute atomic E-state index is 12.1. The van der Waals surface area contributed by atoms with Gasteiger partial charge in [0, 0.05) is 13.1 Å². The molecule has 0 aromatic carbocycles. The molecule has 6 N–H and O–H groups in total. The fourth-order valence-electron chi connectivity index (χ4n) is 1.97. The highest BCUT2D eigenvalue weighted by atomic mass is 16.8. The molecule has 0 bridgehead atoms. The molecule has 1 heterocycles. The zero-order valence-corrected chi connectivity index (χ0v) is 12.7. The van der Waals surface area contributed by atoms with Gasteiger partial charge in [-0.2, -0.15) is 0 Å². The molecule has 8 heteroatoms. The Labute approximate surface area is 124 Å². The van der Waals surface area contributed by atoms with Crippen molar-refractivity contribution in [1.29, 1.82) is 0 Å². The predicted molar refractivity (Wildman–Crippen MR) is 77.2 cm³/mol. The van der Waals surface area contributed by atoms with Crippen molar-refractivity contribution in [2.45, 2.75) is 44.7 Å². The first kappa shape index (κ1) is 17.8. The molecule has 0 aromatic heterocycles. The van der Waals surface area contributed by atoms with Crippen LogP contribution in [0.1, 0.15) is 26.7 Å². The fraction of sp³-hybridized carbons (Fsp3) is 0.846. The molecular weight excluding hydrogens is 276 g/mol. The zero-order valence-electron chi connectivity index (χ0n) is 12.7. The van der Waals surface area contributed by atoms with Crippen LogP contribution >= 0.6 is 0 Å². The van der Waals surface area contributed by atoms with Crippen LogP contribution in [0.5, 0.6) is 0 Å². The van der Waals surface area contributed by atoms with E-state index in [0.29, 0.717) is 39.0 Å². The number of carbonyl (C=O) groups excluding carboxylic acids is 2. The second-order valence-corrected chi connectivity index (χ2v) is 5.34. The van der Waals surface area contributed by atoms with Crippen molar-refractivity contribution in [1.82, 2.24) is 10.6 Å². The van der Waals surface area contributed by atoms with E-state index in [9.17, 15) is 9.59 Å². The van der Waals surface area contributed by atoms with E-state index < -0.39 is 18.0 Å². The fourth-order valence-corrected chi connectivity index (χ4v) is 1.97. The molecule has 0 radical (unpaired) electrons. The Morgan fingerprint density at radius 2 is 1.33 bits per heavy atom. The Bertz CT molecular complexity index is 330. The molecular formula is C13H26N4O4. The van der Waals surface area contributed by atoms with Gasteiger partial charge in [-0.3, -0.25) is 9.59 Å². The third-order valence-corrected chi connectivity index (χ3v) is 2.97. The van der Waals surface area contributed by atoms with Gasteiger partial charge in [0.15, 0.2) is 18.0 Å². The summed E-state index contributed by atoms with van der Waals surface area (Å²) in [5.74, 6) is -1.72. The SMILES string of the molecule is CC1(C)O[C@H](C(=O)NCCCN)[C@@H](C(=O)NCCCN)O1. The van der Waals surface area contributed by atoms with Crippen LogP contribution in [0.4, 0.5) is 0 Å². The number of nitrogens with two attached hydrogens (primary N) is 2. The Kier molecular flexibility index (Phi) is 7.03. The van der Waals surface area contributed by atoms with Crippen molar-refractivity contribution in [2.24, 2.45) is 11.5 Å². The average molecular weight is 302 g/mol. The standard InChI is InChI=1S/C13H26N4O4/c1-13(2)20-9(11(18)16-7-3-5-14)10(21-13)12(19)17-8-4-6-15/h9-10H,3-8,14-15H2,1-2H3,(H,16,18)(H,17,19)/t9-,10-/m0/s1. The zero-order chi connectivity index (χ0) is 15.9. The number of nitrogens with one attached hydrogen (secondary N) is 2. The van der Waals surface area contributed by atoms with Crippen LogP contribution in [-0.2, 0) is 19.1 Å². The van der Waals surface area contributed by atoms with Gasteiger partial charge in [0.1, 0.15) is 0 Å². The molecule has 122 valence electrons. The van der Waals surface area contributed by atoms with Crippen molar-refractivity contribution < 1.29 is 19.1 Å². The summed E-state index contributed by atoms with van der Waals surface area (Å²) in [6.07, 6.45) is -0.599. The molecule has 0 aromatic rings. The second kappa shape index (κ2) is 8.28. The van der Waals surface area contributed by atoms with Crippen LogP contribution in [-0.4, -0.2) is 56.0 Å². The molecule has 0 aliphatic carbocycles. The van der Waals surface area contributed by atoms with E-state index in [2.05, 4.69) is 10.6 Å². The van der Waals surface area contributed by atoms with Crippen molar-refractivity contribution >= 4 is 11.8 Å². The summed E-state index contributed by atoms with van der Waals surface area (Å²) in [4.78, 5) is 24.2. The molecule has 21 heavy (non-hydrogen) atoms. The molecule has 1 aliphatic rings. The number of hydrogen-bond acceptors (Lipinski definition) is 6. The van der Waals surface area contributed by atoms with Crippen LogP contribution in [0.2, 0.25) is 0 Å². The van der Waals surface area contributed by atoms with Crippen molar-refractivity contribution in [3.63, 3.8) is 0 Å². The molecule has 2 amide bonds. The lowest BCUT2D eigenvalue weighted by molar-refractivity contribution is -0.159. The third-order valence-electron chi connectivity index (χ3n) is 2.97. The normalized spacial score (nSPS) is 23.8. The molecule has 1 rings (SSSR count). The second-order valence-electron chi connectivity index (χ2n) is 5.34. The van der Waals surface area contributed by atoms with Gasteiger partial charge < -0.3 is 31.6 Å². The van der Waals surface area contributed by atoms with E-state index in [0.717, 1.165) is 0 Å². The maximum atomic E-state index is 12.1. The third kappa shape index (κ3) is 5.58. The average Bonchev–Trinajstić information content (AvgIpc) is 2.75. The quantitative estimate of drug-likeness (QED) is 0.401. The molecule has 1 aliphatic heterocycles. The monoisotopic (exact) mass is 302 g/mol. The molecule has 2 atom stereocenters. The summed E-state index contributed by atoms with van der Waals surface area (Å²) in [6, 6.07) is 0. The van der Waals surface area contributed by atoms with E-state index >= 15 is 0 Å². The van der Waals surface area contributed by atoms with Gasteiger partial charge >= 0.3 is 0 Å². The van der Waals surface area contributed by atoms with Gasteiger partial charge in [-0.05, 0) is 39.8 Å². The minimum Gasteiger partial charge on any atom is -0.354 e. The first-order valence-corrected chi connectivity index (χ1v) is 7.22. The molecule has 1 fully saturated rings. The van der Waals surface area contributed by atoms with Crippen LogP contribution in [0, 0.1) is 0 Å². The van der Waals surface area contributed by atoms with Gasteiger partial charge in [-0.1, -0.05) is 0 Å². The minimum atomic E-state index is -0.980. The van der Waals surface area contributed by atoms with Crippen molar-refractivity contribution in [3.8, 4) is 0 Å². The lowest BCUT2D eigenvalue weighted by atomic mass is 10.1. The number of amides is 2. The highest BCUT2D eigenvalue weighted by molar-refractivity contribution is 5.91. The summed E-state index contributed by atoms with van der Waals surface area (Å²) in [6.45, 7) is 5.18. The molecule has 0 saturated carbocycles. The topological polar surface area (TPSA) is 129 Å². The van der Waals surface area contributed by atoms with E-state index in [1.807, 2.05) is 0 Å². The highest BCUT2D eigenvalue weighted by Gasteiger charge is 2.48. The number of carbonyl (C=O) groups is 2. The van der Waals surface area contributed by atoms with Crippen LogP contribution < -0.4 is 22.1 Å². The predicted octanol–water partition coefficient (Wildman–Crippen LogP) is -1.56. The summed E-state index contributed by atoms with van der Waals surface area (Å²) in [5, 5.41) is 5.38. The van der Waals surface area contributed by atoms with Gasteiger partial charge in [-0.15, -0.1) is 0 Å². The van der Waals surface area contributed by atoms with Gasteiger partial charge in [0.25, 0.3) is 11.8 Å². The van der Waals surface area contributed by atoms with E-state index in [-0.39, 0.29) is 11.8 Å². The smallest absolute Gasteiger partial charge is 0.252 e. The first-order chi connectivity index (χ1) is 9.91. The maximum Gasteiger partial charge on any atom is 0.252 e. The highest BCUT2D eigenvalue weighted by Crippen LogP contribution is 2.28. The summed E-state index contributed by atoms with van der Waals surface area (Å²) in [5.41, 5.74) is 10.7. The Balaban J connectivity index is 2.61. The molecule has 8 nitrogen and oxygen atoms in total. The first-order valence-electron chi connectivity index (χ1n) is 7.22. The van der Waals surface area contributed by atoms with E-state index in [1.54, 1.807) is 13.8 Å². The summed E-state index contributed by atoms with van der Waals surface area (Å²) < 4.78 is 11.1. The lowest BCUT2D eigenvalue weighted by Crippen LogP contribution is -2.48. The number of rotatable bonds is 8. The number of ether oxygens (including phenoxy) is 2. The molecule has 1 saturated heterocycles. The van der Waals surface area contributed by atoms with Gasteiger partial charge in [0.05, 0.1) is 0 Å². The Morgan fingerprint density at radius 1 is 0.952 bits per heavy atom. The largest absolute Gasteiger partial charge is 0.354 e. The van der Waals surface area contributed by atoms with E-state index in [4.69, 9.17) is 20.9 Å².